The summed E-state index contributed by atoms with van der Waals surface area (Å²) < 4.78 is 14.1. The lowest BCUT2D eigenvalue weighted by Crippen LogP contribution is -2.28. The van der Waals surface area contributed by atoms with Gasteiger partial charge in [0.1, 0.15) is 6.07 Å². The van der Waals surface area contributed by atoms with Crippen molar-refractivity contribution in [3.63, 3.8) is 0 Å². The quantitative estimate of drug-likeness (QED) is 0.939. The van der Waals surface area contributed by atoms with Gasteiger partial charge in [-0.1, -0.05) is 12.1 Å². The molecule has 0 saturated carbocycles. The Morgan fingerprint density at radius 1 is 1.38 bits per heavy atom. The van der Waals surface area contributed by atoms with Gasteiger partial charge in [0, 0.05) is 20.3 Å². The lowest BCUT2D eigenvalue weighted by Gasteiger charge is -2.19. The second-order valence-corrected chi connectivity index (χ2v) is 4.26. The highest BCUT2D eigenvalue weighted by atomic mass is 19.1. The average molecular weight is 284 g/mol. The number of para-hydroxylation sites is 1. The van der Waals surface area contributed by atoms with Crippen molar-refractivity contribution in [2.24, 2.45) is 0 Å². The Morgan fingerprint density at radius 2 is 2.10 bits per heavy atom. The second kappa shape index (κ2) is 6.01. The van der Waals surface area contributed by atoms with Crippen molar-refractivity contribution >= 4 is 17.4 Å². The highest BCUT2D eigenvalue weighted by molar-refractivity contribution is 6.06. The molecule has 1 N–H and O–H groups in total. The summed E-state index contributed by atoms with van der Waals surface area (Å²) in [4.78, 5) is 17.5. The number of halogens is 1. The number of rotatable bonds is 3. The number of hydrogen-bond donors (Lipinski definition) is 1. The van der Waals surface area contributed by atoms with Gasteiger partial charge in [0.15, 0.2) is 11.6 Å². The third-order valence-corrected chi connectivity index (χ3v) is 3.05. The van der Waals surface area contributed by atoms with Crippen molar-refractivity contribution in [1.29, 1.82) is 5.26 Å². The van der Waals surface area contributed by atoms with Crippen LogP contribution in [0.3, 0.4) is 0 Å². The van der Waals surface area contributed by atoms with Gasteiger partial charge in [0.05, 0.1) is 16.8 Å². The molecule has 0 fully saturated rings. The summed E-state index contributed by atoms with van der Waals surface area (Å²) in [6, 6.07) is 9.96. The van der Waals surface area contributed by atoms with E-state index < -0.39 is 11.7 Å². The molecule has 2 rings (SSSR count). The van der Waals surface area contributed by atoms with Crippen LogP contribution in [0.25, 0.3) is 0 Å². The number of amides is 1. The zero-order valence-corrected chi connectivity index (χ0v) is 11.6. The SMILES string of the molecule is CNc1nccc(C(=O)N(C)c2ccccc2C#N)c1F. The Bertz CT molecular complexity index is 724. The molecule has 0 aliphatic rings. The summed E-state index contributed by atoms with van der Waals surface area (Å²) in [7, 11) is 3.02. The van der Waals surface area contributed by atoms with Gasteiger partial charge < -0.3 is 10.2 Å². The lowest BCUT2D eigenvalue weighted by molar-refractivity contribution is 0.0989. The number of nitrogens with one attached hydrogen (secondary N) is 1. The molecule has 0 spiro atoms. The maximum atomic E-state index is 14.1. The molecule has 6 heteroatoms. The molecule has 1 aromatic heterocycles. The summed E-state index contributed by atoms with van der Waals surface area (Å²) in [6.07, 6.45) is 1.35. The summed E-state index contributed by atoms with van der Waals surface area (Å²) >= 11 is 0. The fourth-order valence-electron chi connectivity index (χ4n) is 1.93. The maximum Gasteiger partial charge on any atom is 0.261 e. The molecule has 1 heterocycles. The molecule has 0 radical (unpaired) electrons. The highest BCUT2D eigenvalue weighted by Crippen LogP contribution is 2.22. The second-order valence-electron chi connectivity index (χ2n) is 4.26. The zero-order chi connectivity index (χ0) is 15.4. The third kappa shape index (κ3) is 2.67. The number of carbonyl (C=O) groups excluding carboxylic acids is 1. The number of benzene rings is 1. The van der Waals surface area contributed by atoms with Gasteiger partial charge in [0.25, 0.3) is 5.91 Å². The number of carbonyl (C=O) groups is 1. The molecular weight excluding hydrogens is 271 g/mol. The summed E-state index contributed by atoms with van der Waals surface area (Å²) in [5.41, 5.74) is 0.661. The Morgan fingerprint density at radius 3 is 2.76 bits per heavy atom. The number of aromatic nitrogens is 1. The van der Waals surface area contributed by atoms with Crippen molar-refractivity contribution in [2.75, 3.05) is 24.3 Å². The molecule has 0 unspecified atom stereocenters. The number of hydrogen-bond acceptors (Lipinski definition) is 4. The van der Waals surface area contributed by atoms with Gasteiger partial charge >= 0.3 is 0 Å². The van der Waals surface area contributed by atoms with Gasteiger partial charge in [-0.2, -0.15) is 5.26 Å². The zero-order valence-electron chi connectivity index (χ0n) is 11.6. The van der Waals surface area contributed by atoms with E-state index in [1.165, 1.54) is 31.3 Å². The molecule has 2 aromatic rings. The van der Waals surface area contributed by atoms with E-state index in [1.54, 1.807) is 24.3 Å². The van der Waals surface area contributed by atoms with Crippen LogP contribution in [0.1, 0.15) is 15.9 Å². The molecule has 0 bridgehead atoms. The normalized spacial score (nSPS) is 9.81. The van der Waals surface area contributed by atoms with Gasteiger partial charge in [-0.3, -0.25) is 4.79 Å². The summed E-state index contributed by atoms with van der Waals surface area (Å²) in [6.45, 7) is 0. The number of anilines is 2. The van der Waals surface area contributed by atoms with Crippen molar-refractivity contribution < 1.29 is 9.18 Å². The predicted octanol–water partition coefficient (Wildman–Crippen LogP) is 2.41. The van der Waals surface area contributed by atoms with E-state index in [-0.39, 0.29) is 11.4 Å². The van der Waals surface area contributed by atoms with Crippen LogP contribution in [-0.4, -0.2) is 25.0 Å². The van der Waals surface area contributed by atoms with Crippen molar-refractivity contribution in [3.8, 4) is 6.07 Å². The molecular formula is C15H13FN4O. The van der Waals surface area contributed by atoms with Crippen LogP contribution in [-0.2, 0) is 0 Å². The molecule has 1 amide bonds. The van der Waals surface area contributed by atoms with Crippen LogP contribution in [0.5, 0.6) is 0 Å². The average Bonchev–Trinajstić information content (AvgIpc) is 2.53. The van der Waals surface area contributed by atoms with Gasteiger partial charge in [-0.15, -0.1) is 0 Å². The number of pyridine rings is 1. The van der Waals surface area contributed by atoms with E-state index in [0.717, 1.165) is 0 Å². The van der Waals surface area contributed by atoms with Gasteiger partial charge in [-0.25, -0.2) is 9.37 Å². The van der Waals surface area contributed by atoms with Crippen molar-refractivity contribution in [2.45, 2.75) is 0 Å². The smallest absolute Gasteiger partial charge is 0.261 e. The largest absolute Gasteiger partial charge is 0.371 e. The number of nitrogens with zero attached hydrogens (tertiary/aromatic N) is 3. The van der Waals surface area contributed by atoms with Crippen LogP contribution < -0.4 is 10.2 Å². The molecule has 106 valence electrons. The molecule has 5 nitrogen and oxygen atoms in total. The minimum absolute atomic E-state index is 0.00261. The fourth-order valence-corrected chi connectivity index (χ4v) is 1.93. The molecule has 0 aliphatic carbocycles. The Balaban J connectivity index is 2.43. The van der Waals surface area contributed by atoms with Crippen LogP contribution in [0.2, 0.25) is 0 Å². The molecule has 1 aromatic carbocycles. The highest BCUT2D eigenvalue weighted by Gasteiger charge is 2.21. The third-order valence-electron chi connectivity index (χ3n) is 3.05. The Hall–Kier alpha value is -2.94. The lowest BCUT2D eigenvalue weighted by atomic mass is 10.1. The standard InChI is InChI=1S/C15H13FN4O/c1-18-14-13(16)11(7-8-19-14)15(21)20(2)12-6-4-3-5-10(12)9-17/h3-8H,1-2H3,(H,18,19). The fraction of sp³-hybridized carbons (Fsp3) is 0.133. The molecule has 0 atom stereocenters. The predicted molar refractivity (Wildman–Crippen MR) is 77.6 cm³/mol. The monoisotopic (exact) mass is 284 g/mol. The molecule has 0 saturated heterocycles. The minimum Gasteiger partial charge on any atom is -0.371 e. The van der Waals surface area contributed by atoms with Gasteiger partial charge in [0.2, 0.25) is 0 Å². The van der Waals surface area contributed by atoms with E-state index in [0.29, 0.717) is 11.3 Å². The maximum absolute atomic E-state index is 14.1. The first-order chi connectivity index (χ1) is 10.1. The van der Waals surface area contributed by atoms with E-state index in [9.17, 15) is 9.18 Å². The first kappa shape index (κ1) is 14.5. The van der Waals surface area contributed by atoms with Crippen LogP contribution in [0, 0.1) is 17.1 Å². The van der Waals surface area contributed by atoms with Gasteiger partial charge in [-0.05, 0) is 18.2 Å². The van der Waals surface area contributed by atoms with E-state index >= 15 is 0 Å². The molecule has 21 heavy (non-hydrogen) atoms. The minimum atomic E-state index is -0.716. The van der Waals surface area contributed by atoms with Crippen LogP contribution in [0.4, 0.5) is 15.9 Å². The topological polar surface area (TPSA) is 69.0 Å². The van der Waals surface area contributed by atoms with E-state index in [1.807, 2.05) is 6.07 Å². The van der Waals surface area contributed by atoms with Crippen molar-refractivity contribution in [1.82, 2.24) is 4.98 Å². The Labute approximate surface area is 121 Å². The first-order valence-electron chi connectivity index (χ1n) is 6.19. The van der Waals surface area contributed by atoms with Crippen LogP contribution in [0.15, 0.2) is 36.5 Å². The van der Waals surface area contributed by atoms with Crippen LogP contribution >= 0.6 is 0 Å². The first-order valence-corrected chi connectivity index (χ1v) is 6.19. The number of nitriles is 1. The van der Waals surface area contributed by atoms with E-state index in [2.05, 4.69) is 10.3 Å². The summed E-state index contributed by atoms with van der Waals surface area (Å²) in [5.74, 6) is -1.26. The van der Waals surface area contributed by atoms with Crippen molar-refractivity contribution in [3.05, 3.63) is 53.5 Å². The Kier molecular flexibility index (Phi) is 4.14. The van der Waals surface area contributed by atoms with E-state index in [4.69, 9.17) is 5.26 Å². The molecule has 0 aliphatic heterocycles. The summed E-state index contributed by atoms with van der Waals surface area (Å²) in [5, 5.41) is 11.7.